The van der Waals surface area contributed by atoms with Crippen LogP contribution in [0.2, 0.25) is 0 Å². The van der Waals surface area contributed by atoms with E-state index >= 15 is 0 Å². The fourth-order valence-electron chi connectivity index (χ4n) is 2.02. The summed E-state index contributed by atoms with van der Waals surface area (Å²) >= 11 is 0. The fraction of sp³-hybridized carbons (Fsp3) is 0.214. The number of hydrogen-bond acceptors (Lipinski definition) is 5. The van der Waals surface area contributed by atoms with Gasteiger partial charge in [0.2, 0.25) is 0 Å². The number of nitrogens with one attached hydrogen (secondary N) is 1. The summed E-state index contributed by atoms with van der Waals surface area (Å²) in [5, 5.41) is 3.26. The standard InChI is InChI=1S/C14H14N4O2/c19-14-18(13-12(20-14)4-2-6-17-13)8-7-16-10-11-3-1-5-15-9-11/h1-6,9,16H,7-8,10H2. The third kappa shape index (κ3) is 2.60. The number of nitrogens with zero attached hydrogens (tertiary/aromatic N) is 3. The zero-order chi connectivity index (χ0) is 13.8. The second-order valence-corrected chi connectivity index (χ2v) is 4.38. The summed E-state index contributed by atoms with van der Waals surface area (Å²) in [6.07, 6.45) is 5.21. The quantitative estimate of drug-likeness (QED) is 0.705. The van der Waals surface area contributed by atoms with Crippen molar-refractivity contribution < 1.29 is 4.42 Å². The molecule has 0 aliphatic carbocycles. The molecule has 1 N–H and O–H groups in total. The Morgan fingerprint density at radius 1 is 1.25 bits per heavy atom. The van der Waals surface area contributed by atoms with Gasteiger partial charge in [-0.1, -0.05) is 6.07 Å². The van der Waals surface area contributed by atoms with Crippen molar-refractivity contribution in [3.8, 4) is 0 Å². The van der Waals surface area contributed by atoms with Crippen LogP contribution in [0.3, 0.4) is 0 Å². The maximum atomic E-state index is 11.7. The molecule has 0 radical (unpaired) electrons. The minimum atomic E-state index is -0.373. The molecular weight excluding hydrogens is 256 g/mol. The van der Waals surface area contributed by atoms with Crippen molar-refractivity contribution in [2.24, 2.45) is 0 Å². The van der Waals surface area contributed by atoms with Gasteiger partial charge in [0.05, 0.1) is 0 Å². The molecule has 0 saturated carbocycles. The average Bonchev–Trinajstić information content (AvgIpc) is 2.80. The summed E-state index contributed by atoms with van der Waals surface area (Å²) in [7, 11) is 0. The largest absolute Gasteiger partial charge is 0.421 e. The SMILES string of the molecule is O=c1oc2cccnc2n1CCNCc1cccnc1. The molecule has 0 atom stereocenters. The molecule has 6 nitrogen and oxygen atoms in total. The summed E-state index contributed by atoms with van der Waals surface area (Å²) in [6.45, 7) is 1.88. The minimum absolute atomic E-state index is 0.373. The Morgan fingerprint density at radius 2 is 2.15 bits per heavy atom. The molecule has 0 unspecified atom stereocenters. The molecule has 0 aromatic carbocycles. The van der Waals surface area contributed by atoms with E-state index < -0.39 is 0 Å². The smallest absolute Gasteiger partial charge is 0.406 e. The number of fused-ring (bicyclic) bond motifs is 1. The van der Waals surface area contributed by atoms with Gasteiger partial charge in [0, 0.05) is 38.2 Å². The van der Waals surface area contributed by atoms with Crippen molar-refractivity contribution >= 4 is 11.2 Å². The van der Waals surface area contributed by atoms with Crippen molar-refractivity contribution in [3.05, 3.63) is 59.0 Å². The molecule has 0 amide bonds. The number of oxazole rings is 1. The van der Waals surface area contributed by atoms with Gasteiger partial charge in [-0.25, -0.2) is 9.78 Å². The van der Waals surface area contributed by atoms with Gasteiger partial charge in [0.25, 0.3) is 0 Å². The van der Waals surface area contributed by atoms with Gasteiger partial charge in [0.1, 0.15) is 0 Å². The molecule has 3 aromatic rings. The first kappa shape index (κ1) is 12.6. The lowest BCUT2D eigenvalue weighted by Gasteiger charge is -2.04. The molecule has 0 saturated heterocycles. The van der Waals surface area contributed by atoms with Gasteiger partial charge in [0.15, 0.2) is 11.2 Å². The number of pyridine rings is 2. The average molecular weight is 270 g/mol. The lowest BCUT2D eigenvalue weighted by Crippen LogP contribution is -2.24. The summed E-state index contributed by atoms with van der Waals surface area (Å²) < 4.78 is 6.65. The highest BCUT2D eigenvalue weighted by molar-refractivity contribution is 5.67. The first-order valence-corrected chi connectivity index (χ1v) is 6.38. The van der Waals surface area contributed by atoms with E-state index in [1.165, 1.54) is 4.57 Å². The van der Waals surface area contributed by atoms with Crippen molar-refractivity contribution in [3.63, 3.8) is 0 Å². The zero-order valence-corrected chi connectivity index (χ0v) is 10.8. The van der Waals surface area contributed by atoms with Crippen LogP contribution in [0.15, 0.2) is 52.1 Å². The predicted molar refractivity (Wildman–Crippen MR) is 74.2 cm³/mol. The minimum Gasteiger partial charge on any atom is -0.406 e. The van der Waals surface area contributed by atoms with E-state index in [2.05, 4.69) is 15.3 Å². The van der Waals surface area contributed by atoms with Gasteiger partial charge in [-0.05, 0) is 23.8 Å². The third-order valence-electron chi connectivity index (χ3n) is 2.99. The van der Waals surface area contributed by atoms with Crippen LogP contribution in [0.1, 0.15) is 5.56 Å². The van der Waals surface area contributed by atoms with Crippen LogP contribution >= 0.6 is 0 Å². The molecule has 3 heterocycles. The van der Waals surface area contributed by atoms with E-state index in [-0.39, 0.29) is 5.76 Å². The highest BCUT2D eigenvalue weighted by Crippen LogP contribution is 2.07. The van der Waals surface area contributed by atoms with Crippen LogP contribution in [0.5, 0.6) is 0 Å². The lowest BCUT2D eigenvalue weighted by atomic mass is 10.3. The number of hydrogen-bond donors (Lipinski definition) is 1. The van der Waals surface area contributed by atoms with Gasteiger partial charge < -0.3 is 9.73 Å². The second kappa shape index (κ2) is 5.66. The lowest BCUT2D eigenvalue weighted by molar-refractivity contribution is 0.493. The Bertz CT molecular complexity index is 748. The molecule has 102 valence electrons. The topological polar surface area (TPSA) is 73.0 Å². The van der Waals surface area contributed by atoms with Gasteiger partial charge in [-0.2, -0.15) is 0 Å². The molecule has 0 aliphatic heterocycles. The zero-order valence-electron chi connectivity index (χ0n) is 10.8. The summed E-state index contributed by atoms with van der Waals surface area (Å²) in [5.74, 6) is -0.373. The van der Waals surface area contributed by atoms with Crippen LogP contribution in [-0.2, 0) is 13.1 Å². The van der Waals surface area contributed by atoms with E-state index in [1.54, 1.807) is 24.5 Å². The van der Waals surface area contributed by atoms with Gasteiger partial charge in [-0.3, -0.25) is 9.55 Å². The van der Waals surface area contributed by atoms with Crippen molar-refractivity contribution in [1.29, 1.82) is 0 Å². The Labute approximate surface area is 115 Å². The molecule has 20 heavy (non-hydrogen) atoms. The van der Waals surface area contributed by atoms with Crippen LogP contribution < -0.4 is 11.1 Å². The molecule has 0 spiro atoms. The third-order valence-corrected chi connectivity index (χ3v) is 2.99. The van der Waals surface area contributed by atoms with E-state index in [0.717, 1.165) is 5.56 Å². The molecule has 0 fully saturated rings. The van der Waals surface area contributed by atoms with E-state index in [4.69, 9.17) is 4.42 Å². The van der Waals surface area contributed by atoms with Crippen LogP contribution in [0.25, 0.3) is 11.2 Å². The Hall–Kier alpha value is -2.47. The molecule has 6 heteroatoms. The fourth-order valence-corrected chi connectivity index (χ4v) is 2.02. The number of aromatic nitrogens is 3. The molecule has 3 aromatic heterocycles. The van der Waals surface area contributed by atoms with Crippen molar-refractivity contribution in [1.82, 2.24) is 19.9 Å². The Morgan fingerprint density at radius 3 is 3.00 bits per heavy atom. The number of rotatable bonds is 5. The van der Waals surface area contributed by atoms with Gasteiger partial charge in [-0.15, -0.1) is 0 Å². The highest BCUT2D eigenvalue weighted by atomic mass is 16.4. The normalized spacial score (nSPS) is 11.0. The molecule has 0 bridgehead atoms. The molecular formula is C14H14N4O2. The monoisotopic (exact) mass is 270 g/mol. The van der Waals surface area contributed by atoms with Gasteiger partial charge >= 0.3 is 5.76 Å². The second-order valence-electron chi connectivity index (χ2n) is 4.38. The first-order valence-electron chi connectivity index (χ1n) is 6.38. The van der Waals surface area contributed by atoms with Crippen LogP contribution in [0, 0.1) is 0 Å². The first-order chi connectivity index (χ1) is 9.84. The van der Waals surface area contributed by atoms with E-state index in [1.807, 2.05) is 18.3 Å². The van der Waals surface area contributed by atoms with Crippen molar-refractivity contribution in [2.75, 3.05) is 6.54 Å². The Kier molecular flexibility index (Phi) is 3.56. The molecule has 0 aliphatic rings. The maximum absolute atomic E-state index is 11.7. The predicted octanol–water partition coefficient (Wildman–Crippen LogP) is 1.17. The summed E-state index contributed by atoms with van der Waals surface area (Å²) in [6, 6.07) is 7.38. The maximum Gasteiger partial charge on any atom is 0.421 e. The summed E-state index contributed by atoms with van der Waals surface area (Å²) in [4.78, 5) is 19.9. The highest BCUT2D eigenvalue weighted by Gasteiger charge is 2.08. The van der Waals surface area contributed by atoms with Crippen LogP contribution in [-0.4, -0.2) is 21.1 Å². The molecule has 3 rings (SSSR count). The van der Waals surface area contributed by atoms with Crippen LogP contribution in [0.4, 0.5) is 0 Å². The van der Waals surface area contributed by atoms with E-state index in [0.29, 0.717) is 30.9 Å². The van der Waals surface area contributed by atoms with Crippen molar-refractivity contribution in [2.45, 2.75) is 13.1 Å². The van der Waals surface area contributed by atoms with E-state index in [9.17, 15) is 4.79 Å². The Balaban J connectivity index is 1.63. The summed E-state index contributed by atoms with van der Waals surface area (Å²) in [5.41, 5.74) is 2.21.